The zero-order chi connectivity index (χ0) is 24.8. The van der Waals surface area contributed by atoms with Gasteiger partial charge < -0.3 is 24.6 Å². The number of aliphatic imine (C=N–C) groups is 1. The van der Waals surface area contributed by atoms with Crippen LogP contribution in [0.1, 0.15) is 36.5 Å². The van der Waals surface area contributed by atoms with E-state index >= 15 is 0 Å². The fraction of sp³-hybridized carbons (Fsp3) is 0.276. The fourth-order valence-electron chi connectivity index (χ4n) is 4.17. The summed E-state index contributed by atoms with van der Waals surface area (Å²) in [5.74, 6) is 4.25. The van der Waals surface area contributed by atoms with Gasteiger partial charge in [-0.3, -0.25) is 0 Å². The normalized spacial score (nSPS) is 14.5. The number of anilines is 1. The first-order valence-corrected chi connectivity index (χ1v) is 11.7. The molecule has 1 atom stereocenters. The van der Waals surface area contributed by atoms with Gasteiger partial charge in [-0.25, -0.2) is 4.99 Å². The van der Waals surface area contributed by atoms with Gasteiger partial charge in [-0.15, -0.1) is 6.42 Å². The molecule has 0 saturated carbocycles. The van der Waals surface area contributed by atoms with Crippen molar-refractivity contribution in [2.75, 3.05) is 24.7 Å². The average molecular weight is 471 g/mol. The molecule has 3 aromatic rings. The van der Waals surface area contributed by atoms with Crippen LogP contribution in [0.4, 0.5) is 5.69 Å². The molecule has 1 aliphatic rings. The third kappa shape index (κ3) is 5.48. The van der Waals surface area contributed by atoms with E-state index in [1.165, 1.54) is 5.56 Å². The highest BCUT2D eigenvalue weighted by Gasteiger charge is 2.26. The van der Waals surface area contributed by atoms with E-state index in [1.807, 2.05) is 47.4 Å². The van der Waals surface area contributed by atoms with Crippen LogP contribution in [0.25, 0.3) is 11.1 Å². The number of hydrogen-bond donors (Lipinski definition) is 2. The Morgan fingerprint density at radius 1 is 1.09 bits per heavy atom. The Balaban J connectivity index is 1.77. The van der Waals surface area contributed by atoms with Gasteiger partial charge in [0.15, 0.2) is 0 Å². The Bertz CT molecular complexity index is 1250. The van der Waals surface area contributed by atoms with E-state index in [-0.39, 0.29) is 19.8 Å². The Kier molecular flexibility index (Phi) is 7.71. The third-order valence-corrected chi connectivity index (χ3v) is 5.87. The molecule has 0 bridgehead atoms. The molecule has 0 aliphatic carbocycles. The molecule has 0 saturated heterocycles. The highest BCUT2D eigenvalue weighted by atomic mass is 16.5. The molecule has 0 spiro atoms. The summed E-state index contributed by atoms with van der Waals surface area (Å²) in [4.78, 5) is 6.22. The van der Waals surface area contributed by atoms with Gasteiger partial charge in [0.25, 0.3) is 0 Å². The van der Waals surface area contributed by atoms with Crippen LogP contribution < -0.4 is 14.4 Å². The van der Waals surface area contributed by atoms with Crippen LogP contribution in [0.5, 0.6) is 11.5 Å². The molecule has 0 aromatic heterocycles. The van der Waals surface area contributed by atoms with Crippen LogP contribution in [-0.4, -0.2) is 42.6 Å². The van der Waals surface area contributed by atoms with Gasteiger partial charge in [0, 0.05) is 23.9 Å². The lowest BCUT2D eigenvalue weighted by atomic mass is 9.92. The first kappa shape index (κ1) is 24.3. The van der Waals surface area contributed by atoms with Crippen molar-refractivity contribution in [3.8, 4) is 35.0 Å². The number of benzene rings is 3. The van der Waals surface area contributed by atoms with Gasteiger partial charge in [0.2, 0.25) is 6.35 Å². The summed E-state index contributed by atoms with van der Waals surface area (Å²) >= 11 is 0. The lowest BCUT2D eigenvalue weighted by Crippen LogP contribution is -2.36. The SMILES string of the molecule is C#CCOc1ccc2c(c1-c1cccc(C(C)C)c1)C=NC(O)N2Cc1cccc(OCCO)c1. The quantitative estimate of drug-likeness (QED) is 0.448. The van der Waals surface area contributed by atoms with Gasteiger partial charge in [-0.2, -0.15) is 0 Å². The van der Waals surface area contributed by atoms with Crippen LogP contribution in [0.2, 0.25) is 0 Å². The van der Waals surface area contributed by atoms with Gasteiger partial charge in [0.05, 0.1) is 12.3 Å². The maximum atomic E-state index is 10.8. The van der Waals surface area contributed by atoms with Crippen LogP contribution >= 0.6 is 0 Å². The maximum Gasteiger partial charge on any atom is 0.225 e. The zero-order valence-electron chi connectivity index (χ0n) is 20.0. The minimum Gasteiger partial charge on any atom is -0.491 e. The number of aliphatic hydroxyl groups is 2. The summed E-state index contributed by atoms with van der Waals surface area (Å²) in [6.45, 7) is 5.06. The molecule has 1 aliphatic heterocycles. The Hall–Kier alpha value is -3.79. The van der Waals surface area contributed by atoms with Crippen molar-refractivity contribution in [2.24, 2.45) is 4.99 Å². The largest absolute Gasteiger partial charge is 0.491 e. The molecular weight excluding hydrogens is 440 g/mol. The third-order valence-electron chi connectivity index (χ3n) is 5.87. The van der Waals surface area contributed by atoms with Crippen molar-refractivity contribution in [3.05, 3.63) is 77.4 Å². The van der Waals surface area contributed by atoms with Crippen LogP contribution in [-0.2, 0) is 6.54 Å². The number of rotatable bonds is 9. The van der Waals surface area contributed by atoms with Gasteiger partial charge in [-0.1, -0.05) is 56.2 Å². The van der Waals surface area contributed by atoms with E-state index in [4.69, 9.17) is 21.0 Å². The number of fused-ring (bicyclic) bond motifs is 1. The number of hydrogen-bond acceptors (Lipinski definition) is 6. The first-order chi connectivity index (χ1) is 17.0. The summed E-state index contributed by atoms with van der Waals surface area (Å²) in [6, 6.07) is 19.8. The average Bonchev–Trinajstić information content (AvgIpc) is 2.87. The molecule has 1 unspecified atom stereocenters. The molecule has 1 heterocycles. The molecule has 6 nitrogen and oxygen atoms in total. The predicted octanol–water partition coefficient (Wildman–Crippen LogP) is 4.58. The van der Waals surface area contributed by atoms with E-state index in [0.29, 0.717) is 24.0 Å². The van der Waals surface area contributed by atoms with Crippen molar-refractivity contribution < 1.29 is 19.7 Å². The fourth-order valence-corrected chi connectivity index (χ4v) is 4.17. The zero-order valence-corrected chi connectivity index (χ0v) is 20.0. The molecular formula is C29H30N2O4. The summed E-state index contributed by atoms with van der Waals surface area (Å²) < 4.78 is 11.5. The molecule has 0 radical (unpaired) electrons. The van der Waals surface area contributed by atoms with E-state index in [0.717, 1.165) is 27.9 Å². The second kappa shape index (κ2) is 11.1. The molecule has 3 aromatic carbocycles. The highest BCUT2D eigenvalue weighted by molar-refractivity contribution is 6.00. The topological polar surface area (TPSA) is 74.5 Å². The summed E-state index contributed by atoms with van der Waals surface area (Å²) in [5.41, 5.74) is 5.75. The van der Waals surface area contributed by atoms with Crippen molar-refractivity contribution in [2.45, 2.75) is 32.7 Å². The second-order valence-electron chi connectivity index (χ2n) is 8.62. The minimum atomic E-state index is -1.03. The molecule has 180 valence electrons. The number of terminal acetylenes is 1. The molecule has 0 fully saturated rings. The number of nitrogens with zero attached hydrogens (tertiary/aromatic N) is 2. The molecule has 6 heteroatoms. The molecule has 4 rings (SSSR count). The molecule has 0 amide bonds. The number of ether oxygens (including phenoxy) is 2. The lowest BCUT2D eigenvalue weighted by Gasteiger charge is -2.33. The highest BCUT2D eigenvalue weighted by Crippen LogP contribution is 2.41. The molecule has 2 N–H and O–H groups in total. The van der Waals surface area contributed by atoms with Crippen molar-refractivity contribution in [3.63, 3.8) is 0 Å². The summed E-state index contributed by atoms with van der Waals surface area (Å²) in [5, 5.41) is 19.8. The molecule has 35 heavy (non-hydrogen) atoms. The Morgan fingerprint density at radius 3 is 2.69 bits per heavy atom. The van der Waals surface area contributed by atoms with Crippen molar-refractivity contribution >= 4 is 11.9 Å². The van der Waals surface area contributed by atoms with E-state index in [1.54, 1.807) is 6.21 Å². The van der Waals surface area contributed by atoms with Gasteiger partial charge in [0.1, 0.15) is 24.7 Å². The second-order valence-corrected chi connectivity index (χ2v) is 8.62. The van der Waals surface area contributed by atoms with Crippen molar-refractivity contribution in [1.29, 1.82) is 0 Å². The summed E-state index contributed by atoms with van der Waals surface area (Å²) in [6.07, 6.45) is 6.14. The van der Waals surface area contributed by atoms with Crippen LogP contribution in [0.15, 0.2) is 65.7 Å². The van der Waals surface area contributed by atoms with E-state index < -0.39 is 6.35 Å². The van der Waals surface area contributed by atoms with Crippen LogP contribution in [0, 0.1) is 12.3 Å². The summed E-state index contributed by atoms with van der Waals surface area (Å²) in [7, 11) is 0. The predicted molar refractivity (Wildman–Crippen MR) is 139 cm³/mol. The van der Waals surface area contributed by atoms with Gasteiger partial charge in [-0.05, 0) is 46.9 Å². The van der Waals surface area contributed by atoms with Gasteiger partial charge >= 0.3 is 0 Å². The standard InChI is InChI=1S/C29H30N2O4/c1-4-14-35-27-12-11-26-25(28(27)23-9-6-8-22(17-23)20(2)3)18-30-29(33)31(26)19-21-7-5-10-24(16-21)34-15-13-32/h1,5-12,16-18,20,29,32-33H,13-15,19H2,2-3H3. The minimum absolute atomic E-state index is 0.0535. The van der Waals surface area contributed by atoms with Crippen LogP contribution in [0.3, 0.4) is 0 Å². The Labute approximate surface area is 206 Å². The van der Waals surface area contributed by atoms with E-state index in [9.17, 15) is 5.11 Å². The monoisotopic (exact) mass is 470 g/mol. The lowest BCUT2D eigenvalue weighted by molar-refractivity contribution is 0.175. The van der Waals surface area contributed by atoms with E-state index in [2.05, 4.69) is 43.0 Å². The maximum absolute atomic E-state index is 10.8. The smallest absolute Gasteiger partial charge is 0.225 e. The number of aliphatic hydroxyl groups excluding tert-OH is 2. The van der Waals surface area contributed by atoms with Crippen molar-refractivity contribution in [1.82, 2.24) is 0 Å². The Morgan fingerprint density at radius 2 is 1.91 bits per heavy atom. The first-order valence-electron chi connectivity index (χ1n) is 11.7.